The fourth-order valence-electron chi connectivity index (χ4n) is 3.01. The van der Waals surface area contributed by atoms with Gasteiger partial charge in [-0.1, -0.05) is 12.1 Å². The summed E-state index contributed by atoms with van der Waals surface area (Å²) in [6.07, 6.45) is 3.10. The van der Waals surface area contributed by atoms with Crippen LogP contribution in [-0.2, 0) is 13.1 Å². The van der Waals surface area contributed by atoms with Crippen LogP contribution in [0.2, 0.25) is 0 Å². The molecular formula is C21H20N4O3S. The Bertz CT molecular complexity index is 1120. The van der Waals surface area contributed by atoms with Crippen LogP contribution in [0.15, 0.2) is 53.4 Å². The molecule has 3 heterocycles. The number of aromatic nitrogens is 2. The zero-order chi connectivity index (χ0) is 20.2. The Morgan fingerprint density at radius 3 is 2.72 bits per heavy atom. The van der Waals surface area contributed by atoms with Crippen LogP contribution in [0.3, 0.4) is 0 Å². The molecule has 8 heteroatoms. The van der Waals surface area contributed by atoms with Gasteiger partial charge in [-0.25, -0.2) is 9.97 Å². The first-order valence-electron chi connectivity index (χ1n) is 9.07. The van der Waals surface area contributed by atoms with Crippen molar-refractivity contribution < 1.29 is 13.9 Å². The summed E-state index contributed by atoms with van der Waals surface area (Å²) in [6.45, 7) is 2.86. The summed E-state index contributed by atoms with van der Waals surface area (Å²) in [5.74, 6) is 2.09. The molecule has 0 aliphatic heterocycles. The Kier molecular flexibility index (Phi) is 5.44. The number of furan rings is 1. The van der Waals surface area contributed by atoms with Crippen molar-refractivity contribution in [2.45, 2.75) is 20.0 Å². The van der Waals surface area contributed by atoms with Gasteiger partial charge < -0.3 is 19.8 Å². The minimum absolute atomic E-state index is 0.150. The van der Waals surface area contributed by atoms with E-state index < -0.39 is 0 Å². The van der Waals surface area contributed by atoms with E-state index in [1.807, 2.05) is 37.3 Å². The fraction of sp³-hybridized carbons (Fsp3) is 0.190. The molecule has 1 aromatic carbocycles. The molecule has 29 heavy (non-hydrogen) atoms. The summed E-state index contributed by atoms with van der Waals surface area (Å²) in [5.41, 5.74) is 1.96. The van der Waals surface area contributed by atoms with Crippen molar-refractivity contribution in [1.82, 2.24) is 15.3 Å². The van der Waals surface area contributed by atoms with E-state index in [1.165, 1.54) is 17.7 Å². The maximum atomic E-state index is 12.7. The molecule has 0 unspecified atom stereocenters. The number of thiophene rings is 1. The number of nitrogens with one attached hydrogen (secondary N) is 2. The maximum Gasteiger partial charge on any atom is 0.262 e. The van der Waals surface area contributed by atoms with Gasteiger partial charge in [0.05, 0.1) is 30.2 Å². The van der Waals surface area contributed by atoms with Gasteiger partial charge in [-0.3, -0.25) is 4.79 Å². The van der Waals surface area contributed by atoms with E-state index in [0.717, 1.165) is 27.1 Å². The summed E-state index contributed by atoms with van der Waals surface area (Å²) in [7, 11) is 1.65. The first kappa shape index (κ1) is 18.9. The Balaban J connectivity index is 1.53. The van der Waals surface area contributed by atoms with E-state index in [0.29, 0.717) is 29.5 Å². The predicted octanol–water partition coefficient (Wildman–Crippen LogP) is 4.14. The highest BCUT2D eigenvalue weighted by molar-refractivity contribution is 7.20. The SMILES string of the molecule is COc1ccc(CNc2ncnc3sc(C(=O)NCc4ccco4)c(C)c23)cc1. The van der Waals surface area contributed by atoms with Crippen molar-refractivity contribution >= 4 is 33.3 Å². The second-order valence-electron chi connectivity index (χ2n) is 6.42. The van der Waals surface area contributed by atoms with E-state index in [1.54, 1.807) is 19.4 Å². The molecule has 0 bridgehead atoms. The molecule has 148 valence electrons. The number of carbonyl (C=O) groups is 1. The van der Waals surface area contributed by atoms with Crippen molar-refractivity contribution in [1.29, 1.82) is 0 Å². The predicted molar refractivity (Wildman–Crippen MR) is 112 cm³/mol. The molecule has 0 radical (unpaired) electrons. The van der Waals surface area contributed by atoms with Crippen molar-refractivity contribution in [3.05, 3.63) is 70.8 Å². The van der Waals surface area contributed by atoms with E-state index in [2.05, 4.69) is 20.6 Å². The summed E-state index contributed by atoms with van der Waals surface area (Å²) >= 11 is 1.36. The lowest BCUT2D eigenvalue weighted by atomic mass is 10.2. The second-order valence-corrected chi connectivity index (χ2v) is 7.42. The van der Waals surface area contributed by atoms with E-state index in [-0.39, 0.29) is 5.91 Å². The van der Waals surface area contributed by atoms with Crippen LogP contribution >= 0.6 is 11.3 Å². The number of methoxy groups -OCH3 is 1. The molecule has 0 fully saturated rings. The van der Waals surface area contributed by atoms with Crippen molar-refractivity contribution in [3.63, 3.8) is 0 Å². The number of amides is 1. The zero-order valence-electron chi connectivity index (χ0n) is 16.1. The molecule has 7 nitrogen and oxygen atoms in total. The van der Waals surface area contributed by atoms with Gasteiger partial charge in [-0.2, -0.15) is 0 Å². The van der Waals surface area contributed by atoms with Crippen LogP contribution in [0.5, 0.6) is 5.75 Å². The summed E-state index contributed by atoms with van der Waals surface area (Å²) in [5, 5.41) is 7.12. The number of fused-ring (bicyclic) bond motifs is 1. The second kappa shape index (κ2) is 8.32. The van der Waals surface area contributed by atoms with Crippen LogP contribution in [0.25, 0.3) is 10.2 Å². The van der Waals surface area contributed by atoms with Crippen LogP contribution in [0, 0.1) is 6.92 Å². The fourth-order valence-corrected chi connectivity index (χ4v) is 4.08. The third-order valence-electron chi connectivity index (χ3n) is 4.56. The minimum atomic E-state index is -0.150. The third-order valence-corrected chi connectivity index (χ3v) is 5.75. The summed E-state index contributed by atoms with van der Waals surface area (Å²) in [4.78, 5) is 22.8. The number of carbonyl (C=O) groups excluding carboxylic acids is 1. The van der Waals surface area contributed by atoms with Crippen LogP contribution < -0.4 is 15.4 Å². The largest absolute Gasteiger partial charge is 0.497 e. The summed E-state index contributed by atoms with van der Waals surface area (Å²) < 4.78 is 10.5. The highest BCUT2D eigenvalue weighted by atomic mass is 32.1. The third kappa shape index (κ3) is 4.07. The molecule has 0 aliphatic carbocycles. The van der Waals surface area contributed by atoms with Crippen molar-refractivity contribution in [2.75, 3.05) is 12.4 Å². The van der Waals surface area contributed by atoms with Gasteiger partial charge >= 0.3 is 0 Å². The number of ether oxygens (including phenoxy) is 1. The molecule has 0 aliphatic rings. The monoisotopic (exact) mass is 408 g/mol. The highest BCUT2D eigenvalue weighted by Gasteiger charge is 2.19. The van der Waals surface area contributed by atoms with Gasteiger partial charge in [-0.15, -0.1) is 11.3 Å². The van der Waals surface area contributed by atoms with Gasteiger partial charge in [0.15, 0.2) is 0 Å². The quantitative estimate of drug-likeness (QED) is 0.478. The van der Waals surface area contributed by atoms with Gasteiger partial charge in [0, 0.05) is 6.54 Å². The number of aryl methyl sites for hydroxylation is 1. The van der Waals surface area contributed by atoms with E-state index in [9.17, 15) is 4.79 Å². The number of rotatable bonds is 7. The number of benzene rings is 1. The Morgan fingerprint density at radius 1 is 1.17 bits per heavy atom. The van der Waals surface area contributed by atoms with Gasteiger partial charge in [0.1, 0.15) is 28.5 Å². The number of anilines is 1. The Labute approximate surface area is 171 Å². The van der Waals surface area contributed by atoms with Crippen molar-refractivity contribution in [2.24, 2.45) is 0 Å². The molecule has 0 spiro atoms. The standard InChI is InChI=1S/C21H20N4O3S/c1-13-17-19(22-10-14-5-7-15(27-2)8-6-14)24-12-25-21(17)29-18(13)20(26)23-11-16-4-3-9-28-16/h3-9,12H,10-11H2,1-2H3,(H,23,26)(H,22,24,25). The smallest absolute Gasteiger partial charge is 0.262 e. The Hall–Kier alpha value is -3.39. The number of nitrogens with zero attached hydrogens (tertiary/aromatic N) is 2. The topological polar surface area (TPSA) is 89.3 Å². The summed E-state index contributed by atoms with van der Waals surface area (Å²) in [6, 6.07) is 11.5. The molecule has 0 atom stereocenters. The average molecular weight is 408 g/mol. The van der Waals surface area contributed by atoms with E-state index in [4.69, 9.17) is 9.15 Å². The first-order chi connectivity index (χ1) is 14.2. The van der Waals surface area contributed by atoms with Crippen LogP contribution in [0.4, 0.5) is 5.82 Å². The molecule has 2 N–H and O–H groups in total. The average Bonchev–Trinajstić information content (AvgIpc) is 3.39. The normalized spacial score (nSPS) is 10.8. The zero-order valence-corrected chi connectivity index (χ0v) is 16.9. The van der Waals surface area contributed by atoms with E-state index >= 15 is 0 Å². The van der Waals surface area contributed by atoms with Crippen LogP contribution in [0.1, 0.15) is 26.6 Å². The first-order valence-corrected chi connectivity index (χ1v) is 9.89. The molecule has 0 saturated heterocycles. The maximum absolute atomic E-state index is 12.7. The van der Waals surface area contributed by atoms with Gasteiger partial charge in [0.2, 0.25) is 0 Å². The minimum Gasteiger partial charge on any atom is -0.497 e. The molecule has 4 rings (SSSR count). The molecular weight excluding hydrogens is 388 g/mol. The van der Waals surface area contributed by atoms with Crippen molar-refractivity contribution in [3.8, 4) is 5.75 Å². The Morgan fingerprint density at radius 2 is 2.00 bits per heavy atom. The number of hydrogen-bond donors (Lipinski definition) is 2. The lowest BCUT2D eigenvalue weighted by molar-refractivity contribution is 0.0951. The number of hydrogen-bond acceptors (Lipinski definition) is 7. The highest BCUT2D eigenvalue weighted by Crippen LogP contribution is 2.33. The lowest BCUT2D eigenvalue weighted by Crippen LogP contribution is -2.22. The molecule has 1 amide bonds. The van der Waals surface area contributed by atoms with Gasteiger partial charge in [-0.05, 0) is 42.3 Å². The molecule has 0 saturated carbocycles. The van der Waals surface area contributed by atoms with Gasteiger partial charge in [0.25, 0.3) is 5.91 Å². The lowest BCUT2D eigenvalue weighted by Gasteiger charge is -2.08. The molecule has 4 aromatic rings. The van der Waals surface area contributed by atoms with Crippen LogP contribution in [-0.4, -0.2) is 23.0 Å². The molecule has 3 aromatic heterocycles.